The smallest absolute Gasteiger partial charge is 0.306 e. The van der Waals surface area contributed by atoms with Crippen molar-refractivity contribution in [2.75, 3.05) is 13.2 Å². The lowest BCUT2D eigenvalue weighted by Crippen LogP contribution is -2.28. The first kappa shape index (κ1) is 38.9. The lowest BCUT2D eigenvalue weighted by molar-refractivity contribution is -0.161. The van der Waals surface area contributed by atoms with Crippen LogP contribution >= 0.6 is 0 Å². The predicted molar refractivity (Wildman–Crippen MR) is 168 cm³/mol. The van der Waals surface area contributed by atoms with E-state index in [2.05, 4.69) is 20.8 Å². The first-order valence-electron chi connectivity index (χ1n) is 17.5. The van der Waals surface area contributed by atoms with Gasteiger partial charge in [-0.3, -0.25) is 9.59 Å². The number of unbranched alkanes of at least 4 members (excludes halogenated alkanes) is 21. The number of hydrogen-bond acceptors (Lipinski definition) is 5. The van der Waals surface area contributed by atoms with Crippen molar-refractivity contribution in [2.24, 2.45) is 5.92 Å². The molecule has 0 fully saturated rings. The fraction of sp³-hybridized carbons (Fsp3) is 0.943. The molecular formula is C35H68O5. The molecule has 238 valence electrons. The Kier molecular flexibility index (Phi) is 30.0. The van der Waals surface area contributed by atoms with E-state index in [-0.39, 0.29) is 25.2 Å². The van der Waals surface area contributed by atoms with E-state index in [0.717, 1.165) is 44.4 Å². The highest BCUT2D eigenvalue weighted by Gasteiger charge is 2.16. The van der Waals surface area contributed by atoms with Gasteiger partial charge in [0.15, 0.2) is 6.10 Å². The molecule has 0 aliphatic heterocycles. The van der Waals surface area contributed by atoms with E-state index in [4.69, 9.17) is 9.47 Å². The van der Waals surface area contributed by atoms with E-state index in [1.807, 2.05) is 0 Å². The number of ether oxygens (including phenoxy) is 2. The number of rotatable bonds is 31. The minimum absolute atomic E-state index is 0.0586. The van der Waals surface area contributed by atoms with Gasteiger partial charge in [0.2, 0.25) is 0 Å². The van der Waals surface area contributed by atoms with Crippen LogP contribution < -0.4 is 0 Å². The minimum Gasteiger partial charge on any atom is -0.462 e. The molecule has 0 saturated carbocycles. The van der Waals surface area contributed by atoms with E-state index in [1.165, 1.54) is 116 Å². The molecule has 0 rings (SSSR count). The van der Waals surface area contributed by atoms with Crippen LogP contribution in [0.15, 0.2) is 0 Å². The second-order valence-electron chi connectivity index (χ2n) is 12.4. The molecule has 0 unspecified atom stereocenters. The highest BCUT2D eigenvalue weighted by atomic mass is 16.6. The highest BCUT2D eigenvalue weighted by Crippen LogP contribution is 2.15. The van der Waals surface area contributed by atoms with E-state index in [9.17, 15) is 14.7 Å². The van der Waals surface area contributed by atoms with Crippen LogP contribution in [0.3, 0.4) is 0 Å². The number of carbonyl (C=O) groups excluding carboxylic acids is 2. The first-order chi connectivity index (χ1) is 19.5. The summed E-state index contributed by atoms with van der Waals surface area (Å²) in [4.78, 5) is 24.1. The molecule has 0 amide bonds. The van der Waals surface area contributed by atoms with Gasteiger partial charge in [-0.1, -0.05) is 162 Å². The Labute approximate surface area is 248 Å². The Morgan fingerprint density at radius 3 is 1.32 bits per heavy atom. The summed E-state index contributed by atoms with van der Waals surface area (Å²) in [7, 11) is 0. The molecule has 0 bridgehead atoms. The Morgan fingerprint density at radius 1 is 0.550 bits per heavy atom. The molecule has 1 atom stereocenters. The Balaban J connectivity index is 3.52. The van der Waals surface area contributed by atoms with Crippen molar-refractivity contribution in [3.05, 3.63) is 0 Å². The maximum Gasteiger partial charge on any atom is 0.306 e. The van der Waals surface area contributed by atoms with Gasteiger partial charge < -0.3 is 14.6 Å². The second-order valence-corrected chi connectivity index (χ2v) is 12.4. The molecule has 0 aliphatic carbocycles. The van der Waals surface area contributed by atoms with Crippen molar-refractivity contribution in [2.45, 2.75) is 194 Å². The highest BCUT2D eigenvalue weighted by molar-refractivity contribution is 5.70. The maximum absolute atomic E-state index is 12.1. The summed E-state index contributed by atoms with van der Waals surface area (Å²) in [5.41, 5.74) is 0. The molecular weight excluding hydrogens is 500 g/mol. The van der Waals surface area contributed by atoms with Gasteiger partial charge in [0.05, 0.1) is 6.61 Å². The Bertz CT molecular complexity index is 548. The minimum atomic E-state index is -0.760. The molecule has 0 aromatic carbocycles. The van der Waals surface area contributed by atoms with Crippen LogP contribution in [-0.2, 0) is 19.1 Å². The average Bonchev–Trinajstić information content (AvgIpc) is 2.93. The molecule has 0 spiro atoms. The van der Waals surface area contributed by atoms with E-state index >= 15 is 0 Å². The molecule has 1 N–H and O–H groups in total. The van der Waals surface area contributed by atoms with Gasteiger partial charge in [-0.2, -0.15) is 0 Å². The molecule has 0 radical (unpaired) electrons. The SMILES string of the molecule is CCCCCCCCCCCCC(=O)OC[C@H](CO)OC(=O)CCCCCCCCCCCCCCCC(C)C. The van der Waals surface area contributed by atoms with Crippen LogP contribution in [0.4, 0.5) is 0 Å². The molecule has 0 aliphatic rings. The van der Waals surface area contributed by atoms with E-state index in [0.29, 0.717) is 12.8 Å². The lowest BCUT2D eigenvalue weighted by Gasteiger charge is -2.15. The topological polar surface area (TPSA) is 72.8 Å². The van der Waals surface area contributed by atoms with Gasteiger partial charge in [-0.15, -0.1) is 0 Å². The van der Waals surface area contributed by atoms with Crippen molar-refractivity contribution >= 4 is 11.9 Å². The van der Waals surface area contributed by atoms with Crippen molar-refractivity contribution in [3.8, 4) is 0 Å². The summed E-state index contributed by atoms with van der Waals surface area (Å²) in [5.74, 6) is 0.263. The van der Waals surface area contributed by atoms with Gasteiger partial charge in [-0.05, 0) is 18.8 Å². The Morgan fingerprint density at radius 2 is 0.925 bits per heavy atom. The first-order valence-corrected chi connectivity index (χ1v) is 17.5. The number of aliphatic hydroxyl groups excluding tert-OH is 1. The number of hydrogen-bond donors (Lipinski definition) is 1. The van der Waals surface area contributed by atoms with Crippen LogP contribution in [0.1, 0.15) is 188 Å². The molecule has 0 aromatic heterocycles. The summed E-state index contributed by atoms with van der Waals surface area (Å²) in [6.45, 7) is 6.48. The quantitative estimate of drug-likeness (QED) is 0.0665. The summed E-state index contributed by atoms with van der Waals surface area (Å²) in [6.07, 6.45) is 30.1. The van der Waals surface area contributed by atoms with Gasteiger partial charge in [0.1, 0.15) is 6.61 Å². The molecule has 5 heteroatoms. The maximum atomic E-state index is 12.1. The Hall–Kier alpha value is -1.10. The standard InChI is InChI=1S/C35H68O5/c1-4-5-6-7-8-9-16-19-22-25-28-34(37)39-31-33(30-36)40-35(38)29-26-23-20-17-14-12-10-11-13-15-18-21-24-27-32(2)3/h32-33,36H,4-31H2,1-3H3/t33-/m0/s1. The predicted octanol–water partition coefficient (Wildman–Crippen LogP) is 10.3. The number of aliphatic hydroxyl groups is 1. The van der Waals surface area contributed by atoms with Crippen molar-refractivity contribution in [1.82, 2.24) is 0 Å². The number of esters is 2. The van der Waals surface area contributed by atoms with Crippen LogP contribution in [0.2, 0.25) is 0 Å². The average molecular weight is 569 g/mol. The lowest BCUT2D eigenvalue weighted by atomic mass is 10.0. The summed E-state index contributed by atoms with van der Waals surface area (Å²) >= 11 is 0. The normalized spacial score (nSPS) is 12.1. The third-order valence-corrected chi connectivity index (χ3v) is 7.83. The molecule has 40 heavy (non-hydrogen) atoms. The largest absolute Gasteiger partial charge is 0.462 e. The molecule has 0 aromatic rings. The molecule has 0 heterocycles. The van der Waals surface area contributed by atoms with Crippen molar-refractivity contribution < 1.29 is 24.2 Å². The van der Waals surface area contributed by atoms with E-state index < -0.39 is 6.10 Å². The van der Waals surface area contributed by atoms with Gasteiger partial charge in [0.25, 0.3) is 0 Å². The number of carbonyl (C=O) groups is 2. The fourth-order valence-corrected chi connectivity index (χ4v) is 5.15. The van der Waals surface area contributed by atoms with Gasteiger partial charge >= 0.3 is 11.9 Å². The van der Waals surface area contributed by atoms with Crippen LogP contribution in [0.5, 0.6) is 0 Å². The second kappa shape index (κ2) is 30.8. The summed E-state index contributed by atoms with van der Waals surface area (Å²) < 4.78 is 10.5. The van der Waals surface area contributed by atoms with Crippen molar-refractivity contribution in [1.29, 1.82) is 0 Å². The monoisotopic (exact) mass is 569 g/mol. The fourth-order valence-electron chi connectivity index (χ4n) is 5.15. The van der Waals surface area contributed by atoms with Crippen molar-refractivity contribution in [3.63, 3.8) is 0 Å². The third-order valence-electron chi connectivity index (χ3n) is 7.83. The van der Waals surface area contributed by atoms with Gasteiger partial charge in [0, 0.05) is 12.8 Å². The molecule has 0 saturated heterocycles. The summed E-state index contributed by atoms with van der Waals surface area (Å²) in [6, 6.07) is 0. The zero-order valence-corrected chi connectivity index (χ0v) is 27.0. The van der Waals surface area contributed by atoms with Gasteiger partial charge in [-0.25, -0.2) is 0 Å². The van der Waals surface area contributed by atoms with Crippen LogP contribution in [0, 0.1) is 5.92 Å². The molecule has 5 nitrogen and oxygen atoms in total. The third kappa shape index (κ3) is 29.9. The van der Waals surface area contributed by atoms with Crippen LogP contribution in [0.25, 0.3) is 0 Å². The summed E-state index contributed by atoms with van der Waals surface area (Å²) in [5, 5.41) is 9.50. The zero-order valence-electron chi connectivity index (χ0n) is 27.0. The van der Waals surface area contributed by atoms with Crippen LogP contribution in [-0.4, -0.2) is 36.4 Å². The zero-order chi connectivity index (χ0) is 29.5. The van der Waals surface area contributed by atoms with E-state index in [1.54, 1.807) is 0 Å².